The highest BCUT2D eigenvalue weighted by atomic mass is 31.1. The van der Waals surface area contributed by atoms with Crippen molar-refractivity contribution < 1.29 is 28.5 Å². The van der Waals surface area contributed by atoms with E-state index in [0.29, 0.717) is 11.1 Å². The number of carbonyl (C=O) groups is 1. The Morgan fingerprint density at radius 1 is 1.15 bits per heavy atom. The minimum Gasteiger partial charge on any atom is -0.480 e. The number of rotatable bonds is 7. The lowest BCUT2D eigenvalue weighted by atomic mass is 9.78. The van der Waals surface area contributed by atoms with Gasteiger partial charge in [-0.3, -0.25) is 4.57 Å². The Bertz CT molecular complexity index is 1250. The van der Waals surface area contributed by atoms with Gasteiger partial charge < -0.3 is 14.7 Å². The fourth-order valence-corrected chi connectivity index (χ4v) is 4.87. The van der Waals surface area contributed by atoms with Crippen LogP contribution >= 0.6 is 8.03 Å². The number of aliphatic hydroxyl groups is 1. The summed E-state index contributed by atoms with van der Waals surface area (Å²) in [5.41, 5.74) is -1.46. The summed E-state index contributed by atoms with van der Waals surface area (Å²) in [6.07, 6.45) is -0.336. The van der Waals surface area contributed by atoms with E-state index in [2.05, 4.69) is 16.8 Å². The van der Waals surface area contributed by atoms with Crippen molar-refractivity contribution in [2.24, 2.45) is 5.92 Å². The largest absolute Gasteiger partial charge is 0.480 e. The van der Waals surface area contributed by atoms with Gasteiger partial charge in [0.15, 0.2) is 0 Å². The normalized spacial score (nSPS) is 15.8. The standard InChI is InChI=1S/C25H25FNO5P/c1-17(2)14-15-25(23(28)29,33(31)32-3)24(30,16-18-8-11-20(26)12-9-18)22-13-10-19-6-4-5-7-21(19)27-22/h4-13,17,30,33H,16H2,1-3H3,(H,28,29). The molecule has 0 aliphatic heterocycles. The highest BCUT2D eigenvalue weighted by Crippen LogP contribution is 2.52. The molecule has 3 unspecified atom stereocenters. The molecule has 0 spiro atoms. The number of fused-ring (bicyclic) bond motifs is 1. The number of nitrogens with zero attached hydrogens (tertiary/aromatic N) is 1. The fourth-order valence-electron chi connectivity index (χ4n) is 3.66. The number of aliphatic carboxylic acids is 1. The number of hydrogen-bond acceptors (Lipinski definition) is 5. The molecule has 8 heteroatoms. The van der Waals surface area contributed by atoms with Crippen LogP contribution in [0.1, 0.15) is 25.1 Å². The van der Waals surface area contributed by atoms with E-state index in [1.165, 1.54) is 30.3 Å². The maximum atomic E-state index is 13.5. The van der Waals surface area contributed by atoms with Crippen molar-refractivity contribution in [2.75, 3.05) is 7.11 Å². The van der Waals surface area contributed by atoms with Crippen molar-refractivity contribution in [3.63, 3.8) is 0 Å². The second-order valence-electron chi connectivity index (χ2n) is 8.02. The number of aromatic nitrogens is 1. The molecule has 33 heavy (non-hydrogen) atoms. The van der Waals surface area contributed by atoms with Crippen LogP contribution in [-0.4, -0.2) is 33.4 Å². The molecule has 3 rings (SSSR count). The summed E-state index contributed by atoms with van der Waals surface area (Å²) in [5.74, 6) is 3.00. The topological polar surface area (TPSA) is 96.7 Å². The number of benzene rings is 2. The number of carboxylic acid groups (broad SMARTS) is 1. The highest BCUT2D eigenvalue weighted by molar-refractivity contribution is 7.43. The maximum absolute atomic E-state index is 13.5. The average molecular weight is 469 g/mol. The van der Waals surface area contributed by atoms with Gasteiger partial charge in [0.25, 0.3) is 0 Å². The SMILES string of the molecule is CO[PH](=O)C(C#CC(C)C)(C(=O)O)C(O)(Cc1ccc(F)cc1)c1ccc2ccccc2n1. The highest BCUT2D eigenvalue weighted by Gasteiger charge is 2.62. The molecule has 0 aliphatic rings. The molecule has 0 amide bonds. The van der Waals surface area contributed by atoms with Crippen molar-refractivity contribution in [3.05, 3.63) is 77.7 Å². The molecule has 6 nitrogen and oxygen atoms in total. The average Bonchev–Trinajstić information content (AvgIpc) is 2.80. The molecule has 0 saturated carbocycles. The fraction of sp³-hybridized carbons (Fsp3) is 0.280. The third-order valence-electron chi connectivity index (χ3n) is 5.38. The van der Waals surface area contributed by atoms with E-state index in [9.17, 15) is 24.0 Å². The first-order valence-corrected chi connectivity index (χ1v) is 11.6. The zero-order chi connectivity index (χ0) is 24.2. The van der Waals surface area contributed by atoms with Gasteiger partial charge in [0.1, 0.15) is 11.4 Å². The third-order valence-corrected chi connectivity index (χ3v) is 7.11. The first-order chi connectivity index (χ1) is 15.6. The van der Waals surface area contributed by atoms with Gasteiger partial charge in [-0.1, -0.05) is 62.1 Å². The van der Waals surface area contributed by atoms with Crippen molar-refractivity contribution in [3.8, 4) is 11.8 Å². The van der Waals surface area contributed by atoms with Gasteiger partial charge in [-0.2, -0.15) is 0 Å². The number of carboxylic acids is 1. The summed E-state index contributed by atoms with van der Waals surface area (Å²) in [4.78, 5) is 17.3. The second kappa shape index (κ2) is 9.84. The van der Waals surface area contributed by atoms with Crippen LogP contribution in [0.5, 0.6) is 0 Å². The lowest BCUT2D eigenvalue weighted by Gasteiger charge is -2.39. The Kier molecular flexibility index (Phi) is 7.34. The van der Waals surface area contributed by atoms with Crippen molar-refractivity contribution >= 4 is 24.9 Å². The lowest BCUT2D eigenvalue weighted by Crippen LogP contribution is -2.56. The first-order valence-electron chi connectivity index (χ1n) is 10.3. The quantitative estimate of drug-likeness (QED) is 0.393. The van der Waals surface area contributed by atoms with E-state index in [1.54, 1.807) is 32.0 Å². The summed E-state index contributed by atoms with van der Waals surface area (Å²) in [6, 6.07) is 15.6. The van der Waals surface area contributed by atoms with Crippen molar-refractivity contribution in [2.45, 2.75) is 31.0 Å². The summed E-state index contributed by atoms with van der Waals surface area (Å²) in [6.45, 7) is 3.49. The predicted octanol–water partition coefficient (Wildman–Crippen LogP) is 4.41. The van der Waals surface area contributed by atoms with E-state index in [4.69, 9.17) is 4.52 Å². The molecule has 0 aliphatic carbocycles. The van der Waals surface area contributed by atoms with Gasteiger partial charge in [0, 0.05) is 24.8 Å². The molecular weight excluding hydrogens is 444 g/mol. The minimum absolute atomic E-state index is 0.0265. The first kappa shape index (κ1) is 24.6. The molecule has 0 saturated heterocycles. The van der Waals surface area contributed by atoms with Crippen LogP contribution < -0.4 is 0 Å². The predicted molar refractivity (Wildman–Crippen MR) is 125 cm³/mol. The smallest absolute Gasteiger partial charge is 0.335 e. The van der Waals surface area contributed by atoms with E-state index >= 15 is 0 Å². The molecule has 3 aromatic rings. The Morgan fingerprint density at radius 2 is 1.82 bits per heavy atom. The molecule has 0 fully saturated rings. The Labute approximate surface area is 192 Å². The van der Waals surface area contributed by atoms with Gasteiger partial charge in [0.2, 0.25) is 13.2 Å². The number of pyridine rings is 1. The number of halogens is 1. The third kappa shape index (κ3) is 4.69. The van der Waals surface area contributed by atoms with Gasteiger partial charge in [-0.15, -0.1) is 0 Å². The molecule has 1 heterocycles. The number of hydrogen-bond donors (Lipinski definition) is 2. The van der Waals surface area contributed by atoms with Crippen LogP contribution in [0, 0.1) is 23.6 Å². The molecule has 0 bridgehead atoms. The van der Waals surface area contributed by atoms with E-state index in [1.807, 2.05) is 12.1 Å². The maximum Gasteiger partial charge on any atom is 0.335 e. The monoisotopic (exact) mass is 469 g/mol. The van der Waals surface area contributed by atoms with Crippen LogP contribution in [0.2, 0.25) is 0 Å². The zero-order valence-electron chi connectivity index (χ0n) is 18.5. The lowest BCUT2D eigenvalue weighted by molar-refractivity contribution is -0.146. The van der Waals surface area contributed by atoms with Gasteiger partial charge >= 0.3 is 5.97 Å². The summed E-state index contributed by atoms with van der Waals surface area (Å²) in [7, 11) is -2.38. The van der Waals surface area contributed by atoms with E-state index in [-0.39, 0.29) is 18.0 Å². The Morgan fingerprint density at radius 3 is 2.42 bits per heavy atom. The van der Waals surface area contributed by atoms with Crippen LogP contribution in [-0.2, 0) is 25.9 Å². The van der Waals surface area contributed by atoms with Gasteiger partial charge in [-0.05, 0) is 29.8 Å². The summed E-state index contributed by atoms with van der Waals surface area (Å²) < 4.78 is 31.8. The second-order valence-corrected chi connectivity index (χ2v) is 9.76. The minimum atomic E-state index is -3.49. The molecule has 3 atom stereocenters. The van der Waals surface area contributed by atoms with Crippen molar-refractivity contribution in [1.82, 2.24) is 4.98 Å². The van der Waals surface area contributed by atoms with Crippen molar-refractivity contribution in [1.29, 1.82) is 0 Å². The molecule has 2 N–H and O–H groups in total. The van der Waals surface area contributed by atoms with Gasteiger partial charge in [-0.25, -0.2) is 14.2 Å². The summed E-state index contributed by atoms with van der Waals surface area (Å²) in [5, 5.41) is 20.8. The summed E-state index contributed by atoms with van der Waals surface area (Å²) >= 11 is 0. The molecule has 172 valence electrons. The molecule has 1 aromatic heterocycles. The van der Waals surface area contributed by atoms with Crippen LogP contribution in [0.15, 0.2) is 60.7 Å². The van der Waals surface area contributed by atoms with Crippen LogP contribution in [0.3, 0.4) is 0 Å². The zero-order valence-corrected chi connectivity index (χ0v) is 19.5. The Hall–Kier alpha value is -3.04. The molecule has 2 aromatic carbocycles. The molecular formula is C25H25FNO5P. The molecule has 0 radical (unpaired) electrons. The van der Waals surface area contributed by atoms with Gasteiger partial charge in [0.05, 0.1) is 11.2 Å². The van der Waals surface area contributed by atoms with E-state index in [0.717, 1.165) is 12.5 Å². The van der Waals surface area contributed by atoms with E-state index < -0.39 is 30.6 Å². The Balaban J connectivity index is 2.37. The van der Waals surface area contributed by atoms with Crippen LogP contribution in [0.25, 0.3) is 10.9 Å². The number of para-hydroxylation sites is 1. The van der Waals surface area contributed by atoms with Crippen LogP contribution in [0.4, 0.5) is 4.39 Å².